The van der Waals surface area contributed by atoms with Crippen LogP contribution in [-0.2, 0) is 17.8 Å². The second-order valence-electron chi connectivity index (χ2n) is 8.54. The maximum Gasteiger partial charge on any atom is 0.315 e. The number of hydroxylamine groups is 1. The first-order chi connectivity index (χ1) is 18.9. The number of ether oxygens (including phenoxy) is 2. The van der Waals surface area contributed by atoms with Crippen LogP contribution in [0.1, 0.15) is 20.8 Å². The van der Waals surface area contributed by atoms with E-state index in [-0.39, 0.29) is 13.0 Å². The fourth-order valence-electron chi connectivity index (χ4n) is 3.98. The van der Waals surface area contributed by atoms with E-state index in [9.17, 15) is 14.4 Å². The molecule has 11 heteroatoms. The van der Waals surface area contributed by atoms with Crippen molar-refractivity contribution < 1.29 is 29.1 Å². The molecule has 0 radical (unpaired) electrons. The molecular formula is C28H28N4O6S. The summed E-state index contributed by atoms with van der Waals surface area (Å²) in [5.74, 6) is 0.210. The fourth-order valence-corrected chi connectivity index (χ4v) is 4.91. The Hall–Kier alpha value is -4.61. The molecule has 0 saturated carbocycles. The Morgan fingerprint density at radius 1 is 0.949 bits per heavy atom. The predicted octanol–water partition coefficient (Wildman–Crippen LogP) is 4.09. The summed E-state index contributed by atoms with van der Waals surface area (Å²) in [5.41, 5.74) is 3.72. The van der Waals surface area contributed by atoms with Crippen molar-refractivity contribution >= 4 is 45.0 Å². The number of carbonyl (C=O) groups excluding carboxylic acids is 3. The second-order valence-corrected chi connectivity index (χ2v) is 9.62. The van der Waals surface area contributed by atoms with Crippen molar-refractivity contribution in [3.63, 3.8) is 0 Å². The molecule has 39 heavy (non-hydrogen) atoms. The largest absolute Gasteiger partial charge is 0.497 e. The number of urea groups is 1. The first-order valence-electron chi connectivity index (χ1n) is 12.0. The van der Waals surface area contributed by atoms with E-state index >= 15 is 0 Å². The van der Waals surface area contributed by atoms with Crippen LogP contribution in [0.4, 0.5) is 10.5 Å². The van der Waals surface area contributed by atoms with E-state index in [4.69, 9.17) is 14.7 Å². The van der Waals surface area contributed by atoms with E-state index < -0.39 is 23.9 Å². The van der Waals surface area contributed by atoms with E-state index in [0.717, 1.165) is 21.2 Å². The van der Waals surface area contributed by atoms with Crippen molar-refractivity contribution in [2.75, 3.05) is 19.5 Å². The number of thiophene rings is 1. The average molecular weight is 549 g/mol. The molecular weight excluding hydrogens is 520 g/mol. The third kappa shape index (κ3) is 7.03. The topological polar surface area (TPSA) is 138 Å². The van der Waals surface area contributed by atoms with Crippen LogP contribution in [0.25, 0.3) is 10.1 Å². The molecule has 202 valence electrons. The first-order valence-corrected chi connectivity index (χ1v) is 12.8. The third-order valence-corrected chi connectivity index (χ3v) is 7.06. The highest BCUT2D eigenvalue weighted by atomic mass is 32.1. The molecule has 4 aromatic rings. The minimum Gasteiger partial charge on any atom is -0.497 e. The lowest BCUT2D eigenvalue weighted by atomic mass is 10.1. The van der Waals surface area contributed by atoms with Crippen LogP contribution in [0.2, 0.25) is 0 Å². The highest BCUT2D eigenvalue weighted by Crippen LogP contribution is 2.28. The minimum absolute atomic E-state index is 0.157. The van der Waals surface area contributed by atoms with Gasteiger partial charge in [-0.15, -0.1) is 11.3 Å². The molecule has 0 bridgehead atoms. The number of hydrogen-bond donors (Lipinski definition) is 5. The van der Waals surface area contributed by atoms with Crippen LogP contribution < -0.4 is 30.9 Å². The van der Waals surface area contributed by atoms with E-state index in [1.165, 1.54) is 11.3 Å². The van der Waals surface area contributed by atoms with Gasteiger partial charge in [-0.1, -0.05) is 30.3 Å². The molecule has 1 heterocycles. The maximum atomic E-state index is 13.3. The molecule has 4 amide bonds. The molecule has 1 atom stereocenters. The number of fused-ring (bicyclic) bond motifs is 1. The highest BCUT2D eigenvalue weighted by Gasteiger charge is 2.22. The van der Waals surface area contributed by atoms with Gasteiger partial charge in [-0.05, 0) is 53.4 Å². The second kappa shape index (κ2) is 12.8. The normalized spacial score (nSPS) is 11.4. The smallest absolute Gasteiger partial charge is 0.315 e. The predicted molar refractivity (Wildman–Crippen MR) is 149 cm³/mol. The first kappa shape index (κ1) is 27.4. The van der Waals surface area contributed by atoms with Crippen molar-refractivity contribution in [1.82, 2.24) is 16.1 Å². The molecule has 0 unspecified atom stereocenters. The quantitative estimate of drug-likeness (QED) is 0.150. The summed E-state index contributed by atoms with van der Waals surface area (Å²) in [5, 5.41) is 18.0. The summed E-state index contributed by atoms with van der Waals surface area (Å²) in [6.07, 6.45) is 0.268. The average Bonchev–Trinajstić information content (AvgIpc) is 3.39. The molecule has 0 aliphatic heterocycles. The molecule has 4 rings (SSSR count). The van der Waals surface area contributed by atoms with Gasteiger partial charge in [0.05, 0.1) is 19.1 Å². The van der Waals surface area contributed by atoms with Gasteiger partial charge in [-0.2, -0.15) is 0 Å². The Balaban J connectivity index is 1.48. The summed E-state index contributed by atoms with van der Waals surface area (Å²) < 4.78 is 11.4. The van der Waals surface area contributed by atoms with Gasteiger partial charge in [0.15, 0.2) is 0 Å². The van der Waals surface area contributed by atoms with Crippen molar-refractivity contribution in [3.05, 3.63) is 88.8 Å². The number of amides is 4. The zero-order valence-electron chi connectivity index (χ0n) is 21.3. The summed E-state index contributed by atoms with van der Waals surface area (Å²) in [4.78, 5) is 38.3. The van der Waals surface area contributed by atoms with Crippen LogP contribution in [-0.4, -0.2) is 43.3 Å². The zero-order chi connectivity index (χ0) is 27.8. The number of methoxy groups -OCH3 is 2. The Morgan fingerprint density at radius 2 is 1.74 bits per heavy atom. The number of anilines is 1. The monoisotopic (exact) mass is 548 g/mol. The van der Waals surface area contributed by atoms with Crippen LogP contribution in [0, 0.1) is 0 Å². The Bertz CT molecular complexity index is 1470. The van der Waals surface area contributed by atoms with Crippen LogP contribution in [0.15, 0.2) is 72.8 Å². The third-order valence-electron chi connectivity index (χ3n) is 5.94. The number of carbonyl (C=O) groups is 3. The van der Waals surface area contributed by atoms with Crippen LogP contribution in [0.3, 0.4) is 0 Å². The lowest BCUT2D eigenvalue weighted by Gasteiger charge is -2.19. The van der Waals surface area contributed by atoms with E-state index in [1.54, 1.807) is 62.2 Å². The van der Waals surface area contributed by atoms with Crippen LogP contribution in [0.5, 0.6) is 11.5 Å². The van der Waals surface area contributed by atoms with Gasteiger partial charge in [-0.3, -0.25) is 14.8 Å². The minimum atomic E-state index is -0.881. The standard InChI is InChI=1S/C28H28N4O6S/c1-37-21-9-10-23(38-2)19(14-21)16-29-28(35)31-22(12-17-6-4-3-5-7-17)26(33)30-20-8-11-24-18(13-20)15-25(39-24)27(34)32-36/h3-11,13-15,22,36H,12,16H2,1-2H3,(H,30,33)(H,32,34)(H2,29,31,35)/t22-/m0/s1. The Labute approximate surface area is 228 Å². The summed E-state index contributed by atoms with van der Waals surface area (Å²) in [6, 6.07) is 20.1. The van der Waals surface area contributed by atoms with Gasteiger partial charge in [-0.25, -0.2) is 10.3 Å². The van der Waals surface area contributed by atoms with Crippen molar-refractivity contribution in [2.24, 2.45) is 0 Å². The number of rotatable bonds is 10. The number of benzene rings is 3. The van der Waals surface area contributed by atoms with Gasteiger partial charge < -0.3 is 25.4 Å². The van der Waals surface area contributed by atoms with Gasteiger partial charge in [0.2, 0.25) is 5.91 Å². The molecule has 5 N–H and O–H groups in total. The fraction of sp³-hybridized carbons (Fsp3) is 0.179. The maximum absolute atomic E-state index is 13.3. The molecule has 0 spiro atoms. The van der Waals surface area contributed by atoms with Crippen molar-refractivity contribution in [2.45, 2.75) is 19.0 Å². The Morgan fingerprint density at radius 3 is 2.46 bits per heavy atom. The highest BCUT2D eigenvalue weighted by molar-refractivity contribution is 7.20. The van der Waals surface area contributed by atoms with Crippen molar-refractivity contribution in [1.29, 1.82) is 0 Å². The lowest BCUT2D eigenvalue weighted by molar-refractivity contribution is -0.117. The molecule has 0 saturated heterocycles. The number of nitrogens with one attached hydrogen (secondary N) is 4. The molecule has 10 nitrogen and oxygen atoms in total. The SMILES string of the molecule is COc1ccc(OC)c(CNC(=O)N[C@@H](Cc2ccccc2)C(=O)Nc2ccc3sc(C(=O)NO)cc3c2)c1. The Kier molecular flexibility index (Phi) is 8.97. The summed E-state index contributed by atoms with van der Waals surface area (Å²) in [6.45, 7) is 0.157. The molecule has 3 aromatic carbocycles. The van der Waals surface area contributed by atoms with Gasteiger partial charge in [0.1, 0.15) is 17.5 Å². The molecule has 0 aliphatic rings. The molecule has 0 fully saturated rings. The molecule has 0 aliphatic carbocycles. The molecule has 1 aromatic heterocycles. The zero-order valence-corrected chi connectivity index (χ0v) is 22.1. The van der Waals surface area contributed by atoms with Gasteiger partial charge in [0.25, 0.3) is 5.91 Å². The summed E-state index contributed by atoms with van der Waals surface area (Å²) in [7, 11) is 3.10. The lowest BCUT2D eigenvalue weighted by Crippen LogP contribution is -2.49. The van der Waals surface area contributed by atoms with Crippen LogP contribution >= 0.6 is 11.3 Å². The van der Waals surface area contributed by atoms with Gasteiger partial charge >= 0.3 is 6.03 Å². The van der Waals surface area contributed by atoms with Gasteiger partial charge in [0, 0.05) is 28.9 Å². The van der Waals surface area contributed by atoms with E-state index in [2.05, 4.69) is 16.0 Å². The summed E-state index contributed by atoms with van der Waals surface area (Å²) >= 11 is 1.22. The van der Waals surface area contributed by atoms with E-state index in [1.807, 2.05) is 30.3 Å². The number of hydrogen-bond acceptors (Lipinski definition) is 7. The van der Waals surface area contributed by atoms with E-state index in [0.29, 0.717) is 22.1 Å². The van der Waals surface area contributed by atoms with Crippen molar-refractivity contribution in [3.8, 4) is 11.5 Å².